The van der Waals surface area contributed by atoms with Gasteiger partial charge in [-0.1, -0.05) is 57.0 Å². The van der Waals surface area contributed by atoms with Gasteiger partial charge in [-0.25, -0.2) is 0 Å². The lowest BCUT2D eigenvalue weighted by Gasteiger charge is -2.49. The van der Waals surface area contributed by atoms with E-state index in [9.17, 15) is 0 Å². The quantitative estimate of drug-likeness (QED) is 0.426. The van der Waals surface area contributed by atoms with Crippen molar-refractivity contribution in [2.45, 2.75) is 73.1 Å². The Morgan fingerprint density at radius 2 is 1.16 bits per heavy atom. The molecule has 1 aromatic rings. The van der Waals surface area contributed by atoms with E-state index in [1.54, 1.807) is 13.1 Å². The standard InChI is InChI=1S/C17H35BF2N2Si3/c1-14-12-15(2)17(16(3)13-14)21(25(10,11)20)18(19)22(23(4,5)6)24(7,8)9/h12-13H,1-11H3. The fourth-order valence-corrected chi connectivity index (χ4v) is 15.2. The second-order valence-corrected chi connectivity index (χ2v) is 22.9. The summed E-state index contributed by atoms with van der Waals surface area (Å²) in [7, 11) is -8.78. The van der Waals surface area contributed by atoms with Crippen molar-refractivity contribution in [2.75, 3.05) is 4.48 Å². The molecule has 0 radical (unpaired) electrons. The fraction of sp³-hybridized carbons (Fsp3) is 0.647. The van der Waals surface area contributed by atoms with Crippen molar-refractivity contribution in [3.63, 3.8) is 0 Å². The molecule has 0 N–H and O–H groups in total. The summed E-state index contributed by atoms with van der Waals surface area (Å²) in [5, 5.41) is 0. The lowest BCUT2D eigenvalue weighted by atomic mass is 10.00. The second-order valence-electron chi connectivity index (χ2n) is 9.55. The maximum atomic E-state index is 16.1. The molecule has 25 heavy (non-hydrogen) atoms. The Hall–Kier alpha value is -0.444. The molecule has 0 aliphatic heterocycles. The summed E-state index contributed by atoms with van der Waals surface area (Å²) in [5.41, 5.74) is 3.76. The molecule has 0 amide bonds. The first kappa shape index (κ1) is 22.6. The second kappa shape index (κ2) is 7.29. The maximum absolute atomic E-state index is 16.1. The first-order valence-electron chi connectivity index (χ1n) is 8.97. The van der Waals surface area contributed by atoms with Crippen LogP contribution in [-0.2, 0) is 0 Å². The van der Waals surface area contributed by atoms with Crippen LogP contribution < -0.4 is 4.48 Å². The van der Waals surface area contributed by atoms with Crippen LogP contribution in [0.5, 0.6) is 0 Å². The van der Waals surface area contributed by atoms with Crippen LogP contribution in [0.25, 0.3) is 0 Å². The van der Waals surface area contributed by atoms with E-state index in [-0.39, 0.29) is 0 Å². The summed E-state index contributed by atoms with van der Waals surface area (Å²) in [5.74, 6) is 0. The molecule has 0 heterocycles. The Balaban J connectivity index is 3.63. The van der Waals surface area contributed by atoms with Crippen molar-refractivity contribution < 1.29 is 8.42 Å². The van der Waals surface area contributed by atoms with Crippen LogP contribution in [0, 0.1) is 20.8 Å². The minimum absolute atomic E-state index is 0.735. The highest BCUT2D eigenvalue weighted by molar-refractivity contribution is 7.02. The van der Waals surface area contributed by atoms with Crippen LogP contribution in [-0.4, -0.2) is 36.4 Å². The normalized spacial score (nSPS) is 13.4. The first-order chi connectivity index (χ1) is 11.0. The smallest absolute Gasteiger partial charge is 0.375 e. The zero-order valence-corrected chi connectivity index (χ0v) is 20.9. The van der Waals surface area contributed by atoms with E-state index < -0.39 is 32.3 Å². The summed E-state index contributed by atoms with van der Waals surface area (Å²) in [6.45, 7) is 22.0. The van der Waals surface area contributed by atoms with Crippen molar-refractivity contribution in [2.24, 2.45) is 0 Å². The Kier molecular flexibility index (Phi) is 6.59. The van der Waals surface area contributed by atoms with Crippen molar-refractivity contribution in [1.29, 1.82) is 0 Å². The molecule has 0 spiro atoms. The SMILES string of the molecule is Cc1cc(C)c(N(B(F)N([Si](C)(C)C)[Si](C)(C)C)[Si](C)(C)F)c(C)c1. The number of rotatable bonds is 6. The van der Waals surface area contributed by atoms with E-state index in [1.807, 2.05) is 37.0 Å². The van der Waals surface area contributed by atoms with Crippen LogP contribution in [0.3, 0.4) is 0 Å². The molecule has 0 aromatic heterocycles. The molecule has 0 fully saturated rings. The van der Waals surface area contributed by atoms with Crippen LogP contribution in [0.4, 0.5) is 14.1 Å². The fourth-order valence-electron chi connectivity index (χ4n) is 3.94. The Labute approximate surface area is 157 Å². The molecule has 0 saturated carbocycles. The van der Waals surface area contributed by atoms with Crippen LogP contribution in [0.2, 0.25) is 52.4 Å². The Morgan fingerprint density at radius 3 is 1.44 bits per heavy atom. The number of nitrogens with zero attached hydrogens (tertiary/aromatic N) is 2. The molecule has 1 aromatic carbocycles. The number of anilines is 1. The summed E-state index contributed by atoms with van der Waals surface area (Å²) in [6, 6.07) is 4.05. The van der Waals surface area contributed by atoms with Crippen LogP contribution >= 0.6 is 0 Å². The molecule has 2 nitrogen and oxygen atoms in total. The topological polar surface area (TPSA) is 6.48 Å². The summed E-state index contributed by atoms with van der Waals surface area (Å²) in [4.78, 5) is 0. The minimum atomic E-state index is -3.43. The molecule has 1 rings (SSSR count). The molecule has 0 aliphatic rings. The van der Waals surface area contributed by atoms with Crippen molar-refractivity contribution >= 4 is 38.0 Å². The van der Waals surface area contributed by atoms with E-state index in [0.29, 0.717) is 0 Å². The van der Waals surface area contributed by atoms with Crippen LogP contribution in [0.1, 0.15) is 16.7 Å². The van der Waals surface area contributed by atoms with Crippen molar-refractivity contribution in [3.8, 4) is 0 Å². The van der Waals surface area contributed by atoms with Gasteiger partial charge in [-0.2, -0.15) is 0 Å². The molecule has 8 heteroatoms. The third kappa shape index (κ3) is 5.27. The molecule has 0 saturated heterocycles. The van der Waals surface area contributed by atoms with Crippen molar-refractivity contribution in [1.82, 2.24) is 4.14 Å². The average molecular weight is 401 g/mol. The largest absolute Gasteiger partial charge is 0.533 e. The zero-order valence-electron chi connectivity index (χ0n) is 17.9. The van der Waals surface area contributed by atoms with Gasteiger partial charge in [0, 0.05) is 5.69 Å². The van der Waals surface area contributed by atoms with E-state index in [1.165, 1.54) is 4.48 Å². The van der Waals surface area contributed by atoms with Gasteiger partial charge in [0.1, 0.15) is 16.5 Å². The Morgan fingerprint density at radius 1 is 0.800 bits per heavy atom. The van der Waals surface area contributed by atoms with E-state index in [0.717, 1.165) is 22.4 Å². The van der Waals surface area contributed by atoms with Gasteiger partial charge in [-0.05, 0) is 45.0 Å². The van der Waals surface area contributed by atoms with Crippen LogP contribution in [0.15, 0.2) is 12.1 Å². The maximum Gasteiger partial charge on any atom is 0.533 e. The van der Waals surface area contributed by atoms with Gasteiger partial charge in [-0.3, -0.25) is 8.42 Å². The number of hydrogen-bond acceptors (Lipinski definition) is 2. The number of benzene rings is 1. The highest BCUT2D eigenvalue weighted by atomic mass is 28.4. The summed E-state index contributed by atoms with van der Waals surface area (Å²) in [6.07, 6.45) is 0. The lowest BCUT2D eigenvalue weighted by Crippen LogP contribution is -2.72. The number of halogens is 2. The van der Waals surface area contributed by atoms with Gasteiger partial charge in [0.05, 0.1) is 0 Å². The molecule has 0 bridgehead atoms. The van der Waals surface area contributed by atoms with Gasteiger partial charge >= 0.3 is 15.8 Å². The average Bonchev–Trinajstić information content (AvgIpc) is 2.27. The molecule has 142 valence electrons. The minimum Gasteiger partial charge on any atom is -0.375 e. The van der Waals surface area contributed by atoms with Gasteiger partial charge in [0.2, 0.25) is 0 Å². The summed E-state index contributed by atoms with van der Waals surface area (Å²) >= 11 is 0. The van der Waals surface area contributed by atoms with Gasteiger partial charge < -0.3 is 8.62 Å². The van der Waals surface area contributed by atoms with Gasteiger partial charge in [-0.15, -0.1) is 0 Å². The van der Waals surface area contributed by atoms with Gasteiger partial charge in [0.25, 0.3) is 0 Å². The third-order valence-electron chi connectivity index (χ3n) is 4.32. The predicted octanol–water partition coefficient (Wildman–Crippen LogP) is 6.02. The highest BCUT2D eigenvalue weighted by Crippen LogP contribution is 2.35. The Bertz CT molecular complexity index is 585. The molecule has 0 atom stereocenters. The molecular weight excluding hydrogens is 365 g/mol. The molecule has 0 aliphatic carbocycles. The molecular formula is C17H35BF2N2Si3. The highest BCUT2D eigenvalue weighted by Gasteiger charge is 2.51. The van der Waals surface area contributed by atoms with E-state index in [2.05, 4.69) is 39.3 Å². The van der Waals surface area contributed by atoms with E-state index >= 15 is 8.42 Å². The van der Waals surface area contributed by atoms with E-state index in [4.69, 9.17) is 0 Å². The first-order valence-corrected chi connectivity index (χ1v) is 18.7. The number of hydrogen-bond donors (Lipinski definition) is 0. The summed E-state index contributed by atoms with van der Waals surface area (Å²) < 4.78 is 35.0. The monoisotopic (exact) mass is 400 g/mol. The van der Waals surface area contributed by atoms with Crippen molar-refractivity contribution in [3.05, 3.63) is 28.8 Å². The molecule has 0 unspecified atom stereocenters. The lowest BCUT2D eigenvalue weighted by molar-refractivity contribution is 0.701. The predicted molar refractivity (Wildman–Crippen MR) is 117 cm³/mol. The number of aryl methyl sites for hydroxylation is 3. The third-order valence-corrected chi connectivity index (χ3v) is 13.2. The zero-order chi connectivity index (χ0) is 20.0. The van der Waals surface area contributed by atoms with Gasteiger partial charge in [0.15, 0.2) is 0 Å².